The van der Waals surface area contributed by atoms with Crippen molar-refractivity contribution in [3.63, 3.8) is 0 Å². The molecule has 1 atom stereocenters. The SMILES string of the molecule is Cc1nccc(NCC[C@H]2CCCN2)n1. The van der Waals surface area contributed by atoms with Crippen LogP contribution in [0, 0.1) is 6.92 Å². The monoisotopic (exact) mass is 206 g/mol. The van der Waals surface area contributed by atoms with Crippen molar-refractivity contribution in [2.45, 2.75) is 32.2 Å². The molecule has 0 radical (unpaired) electrons. The van der Waals surface area contributed by atoms with Gasteiger partial charge >= 0.3 is 0 Å². The van der Waals surface area contributed by atoms with Gasteiger partial charge in [0.05, 0.1) is 0 Å². The molecule has 1 aliphatic heterocycles. The Morgan fingerprint density at radius 2 is 2.53 bits per heavy atom. The third kappa shape index (κ3) is 3.16. The van der Waals surface area contributed by atoms with Gasteiger partial charge < -0.3 is 10.6 Å². The fraction of sp³-hybridized carbons (Fsp3) is 0.636. The first-order valence-corrected chi connectivity index (χ1v) is 5.61. The first-order chi connectivity index (χ1) is 7.34. The second-order valence-corrected chi connectivity index (χ2v) is 4.00. The summed E-state index contributed by atoms with van der Waals surface area (Å²) in [5.41, 5.74) is 0. The minimum Gasteiger partial charge on any atom is -0.370 e. The van der Waals surface area contributed by atoms with Crippen LogP contribution in [0.15, 0.2) is 12.3 Å². The summed E-state index contributed by atoms with van der Waals surface area (Å²) in [6.07, 6.45) is 5.59. The lowest BCUT2D eigenvalue weighted by molar-refractivity contribution is 0.574. The first kappa shape index (κ1) is 10.4. The van der Waals surface area contributed by atoms with Crippen molar-refractivity contribution in [3.8, 4) is 0 Å². The third-order valence-electron chi connectivity index (χ3n) is 2.74. The van der Waals surface area contributed by atoms with E-state index in [1.165, 1.54) is 25.8 Å². The summed E-state index contributed by atoms with van der Waals surface area (Å²) < 4.78 is 0. The van der Waals surface area contributed by atoms with Gasteiger partial charge in [-0.2, -0.15) is 0 Å². The van der Waals surface area contributed by atoms with Gasteiger partial charge in [-0.3, -0.25) is 0 Å². The van der Waals surface area contributed by atoms with Gasteiger partial charge in [0.25, 0.3) is 0 Å². The summed E-state index contributed by atoms with van der Waals surface area (Å²) >= 11 is 0. The Kier molecular flexibility index (Phi) is 3.50. The van der Waals surface area contributed by atoms with E-state index in [0.29, 0.717) is 6.04 Å². The van der Waals surface area contributed by atoms with Gasteiger partial charge in [-0.1, -0.05) is 0 Å². The van der Waals surface area contributed by atoms with E-state index in [-0.39, 0.29) is 0 Å². The van der Waals surface area contributed by atoms with Gasteiger partial charge in [0, 0.05) is 18.8 Å². The zero-order valence-electron chi connectivity index (χ0n) is 9.16. The summed E-state index contributed by atoms with van der Waals surface area (Å²) in [6.45, 7) is 4.06. The minimum atomic E-state index is 0.695. The van der Waals surface area contributed by atoms with Crippen LogP contribution in [0.4, 0.5) is 5.82 Å². The highest BCUT2D eigenvalue weighted by Gasteiger charge is 2.12. The Morgan fingerprint density at radius 3 is 3.27 bits per heavy atom. The molecule has 0 aromatic carbocycles. The van der Waals surface area contributed by atoms with Crippen LogP contribution < -0.4 is 10.6 Å². The number of nitrogens with zero attached hydrogens (tertiary/aromatic N) is 2. The fourth-order valence-electron chi connectivity index (χ4n) is 1.93. The molecule has 2 rings (SSSR count). The van der Waals surface area contributed by atoms with E-state index in [0.717, 1.165) is 18.2 Å². The highest BCUT2D eigenvalue weighted by Crippen LogP contribution is 2.09. The van der Waals surface area contributed by atoms with Crippen LogP contribution in [0.2, 0.25) is 0 Å². The smallest absolute Gasteiger partial charge is 0.129 e. The topological polar surface area (TPSA) is 49.8 Å². The van der Waals surface area contributed by atoms with Crippen molar-refractivity contribution < 1.29 is 0 Å². The molecule has 1 fully saturated rings. The molecule has 1 aromatic heterocycles. The molecule has 2 N–H and O–H groups in total. The average molecular weight is 206 g/mol. The summed E-state index contributed by atoms with van der Waals surface area (Å²) in [7, 11) is 0. The fourth-order valence-corrected chi connectivity index (χ4v) is 1.93. The van der Waals surface area contributed by atoms with Crippen LogP contribution in [-0.2, 0) is 0 Å². The lowest BCUT2D eigenvalue weighted by Gasteiger charge is -2.10. The van der Waals surface area contributed by atoms with E-state index in [1.54, 1.807) is 6.20 Å². The lowest BCUT2D eigenvalue weighted by Crippen LogP contribution is -2.24. The standard InChI is InChI=1S/C11H18N4/c1-9-12-8-5-11(15-9)14-7-4-10-3-2-6-13-10/h5,8,10,13H,2-4,6-7H2,1H3,(H,12,14,15)/t10-/m1/s1. The van der Waals surface area contributed by atoms with Crippen LogP contribution in [0.5, 0.6) is 0 Å². The predicted molar refractivity (Wildman–Crippen MR) is 60.9 cm³/mol. The zero-order chi connectivity index (χ0) is 10.5. The van der Waals surface area contributed by atoms with Crippen molar-refractivity contribution in [3.05, 3.63) is 18.1 Å². The van der Waals surface area contributed by atoms with Crippen LogP contribution >= 0.6 is 0 Å². The Balaban J connectivity index is 1.73. The number of rotatable bonds is 4. The molecule has 4 heteroatoms. The van der Waals surface area contributed by atoms with E-state index >= 15 is 0 Å². The van der Waals surface area contributed by atoms with Crippen molar-refractivity contribution in [1.29, 1.82) is 0 Å². The van der Waals surface area contributed by atoms with Gasteiger partial charge in [-0.15, -0.1) is 0 Å². The summed E-state index contributed by atoms with van der Waals surface area (Å²) in [4.78, 5) is 8.36. The molecular weight excluding hydrogens is 188 g/mol. The van der Waals surface area contributed by atoms with E-state index in [2.05, 4.69) is 20.6 Å². The molecule has 82 valence electrons. The first-order valence-electron chi connectivity index (χ1n) is 5.61. The maximum absolute atomic E-state index is 4.29. The van der Waals surface area contributed by atoms with Crippen LogP contribution in [0.25, 0.3) is 0 Å². The van der Waals surface area contributed by atoms with E-state index in [1.807, 2.05) is 13.0 Å². The molecule has 1 aliphatic rings. The van der Waals surface area contributed by atoms with Crippen LogP contribution in [-0.4, -0.2) is 29.1 Å². The largest absolute Gasteiger partial charge is 0.370 e. The van der Waals surface area contributed by atoms with Gasteiger partial charge in [-0.05, 0) is 38.8 Å². The number of aryl methyl sites for hydroxylation is 1. The Bertz CT molecular complexity index is 307. The number of nitrogens with one attached hydrogen (secondary N) is 2. The molecule has 15 heavy (non-hydrogen) atoms. The molecule has 4 nitrogen and oxygen atoms in total. The highest BCUT2D eigenvalue weighted by atomic mass is 15.0. The predicted octanol–water partition coefficient (Wildman–Crippen LogP) is 1.34. The second-order valence-electron chi connectivity index (χ2n) is 4.00. The molecule has 1 saturated heterocycles. The van der Waals surface area contributed by atoms with Gasteiger partial charge in [0.1, 0.15) is 11.6 Å². The van der Waals surface area contributed by atoms with E-state index < -0.39 is 0 Å². The third-order valence-corrected chi connectivity index (χ3v) is 2.74. The minimum absolute atomic E-state index is 0.695. The van der Waals surface area contributed by atoms with Gasteiger partial charge in [0.2, 0.25) is 0 Å². The molecular formula is C11H18N4. The van der Waals surface area contributed by atoms with Crippen LogP contribution in [0.3, 0.4) is 0 Å². The Hall–Kier alpha value is -1.16. The van der Waals surface area contributed by atoms with Crippen molar-refractivity contribution in [2.75, 3.05) is 18.4 Å². The number of aromatic nitrogens is 2. The number of hydrogen-bond acceptors (Lipinski definition) is 4. The van der Waals surface area contributed by atoms with Crippen molar-refractivity contribution >= 4 is 5.82 Å². The van der Waals surface area contributed by atoms with Crippen LogP contribution in [0.1, 0.15) is 25.1 Å². The summed E-state index contributed by atoms with van der Waals surface area (Å²) in [5, 5.41) is 6.80. The van der Waals surface area contributed by atoms with Crippen molar-refractivity contribution in [2.24, 2.45) is 0 Å². The Morgan fingerprint density at radius 1 is 1.60 bits per heavy atom. The quantitative estimate of drug-likeness (QED) is 0.780. The van der Waals surface area contributed by atoms with Gasteiger partial charge in [0.15, 0.2) is 0 Å². The molecule has 0 aliphatic carbocycles. The maximum atomic E-state index is 4.29. The van der Waals surface area contributed by atoms with E-state index in [4.69, 9.17) is 0 Å². The molecule has 2 heterocycles. The average Bonchev–Trinajstić information content (AvgIpc) is 2.71. The molecule has 0 bridgehead atoms. The molecule has 0 unspecified atom stereocenters. The Labute approximate surface area is 90.5 Å². The second kappa shape index (κ2) is 5.07. The highest BCUT2D eigenvalue weighted by molar-refractivity contribution is 5.32. The lowest BCUT2D eigenvalue weighted by atomic mass is 10.1. The molecule has 0 saturated carbocycles. The summed E-state index contributed by atoms with van der Waals surface area (Å²) in [5.74, 6) is 1.75. The maximum Gasteiger partial charge on any atom is 0.129 e. The van der Waals surface area contributed by atoms with Gasteiger partial charge in [-0.25, -0.2) is 9.97 Å². The van der Waals surface area contributed by atoms with Crippen molar-refractivity contribution in [1.82, 2.24) is 15.3 Å². The number of anilines is 1. The molecule has 0 amide bonds. The molecule has 1 aromatic rings. The summed E-state index contributed by atoms with van der Waals surface area (Å²) in [6, 6.07) is 2.61. The number of hydrogen-bond donors (Lipinski definition) is 2. The zero-order valence-corrected chi connectivity index (χ0v) is 9.16. The normalized spacial score (nSPS) is 20.5. The van der Waals surface area contributed by atoms with E-state index in [9.17, 15) is 0 Å². The molecule has 0 spiro atoms.